The Kier molecular flexibility index (Phi) is 4.96. The molecule has 0 atom stereocenters. The molecule has 1 amide bonds. The molecule has 0 bridgehead atoms. The van der Waals surface area contributed by atoms with Crippen molar-refractivity contribution in [3.05, 3.63) is 59.6 Å². The third kappa shape index (κ3) is 3.31. The fourth-order valence-corrected chi connectivity index (χ4v) is 3.77. The molecule has 1 aliphatic carbocycles. The van der Waals surface area contributed by atoms with Crippen molar-refractivity contribution in [1.29, 1.82) is 0 Å². The second-order valence-corrected chi connectivity index (χ2v) is 7.26. The average molecular weight is 430 g/mol. The molecule has 3 aromatic rings. The van der Waals surface area contributed by atoms with Gasteiger partial charge in [0.05, 0.1) is 22.9 Å². The SMILES string of the molecule is CN(c1ncc(-c2c(F)ccc(C(N)=O)c2O)nn1)C1(c2ncccc2F)CC(F)C1. The molecule has 1 saturated carbocycles. The molecule has 1 fully saturated rings. The highest BCUT2D eigenvalue weighted by molar-refractivity contribution is 5.97. The number of phenols is 1. The van der Waals surface area contributed by atoms with Crippen LogP contribution in [0.2, 0.25) is 0 Å². The highest BCUT2D eigenvalue weighted by Crippen LogP contribution is 2.48. The summed E-state index contributed by atoms with van der Waals surface area (Å²) in [6.07, 6.45) is 1.38. The van der Waals surface area contributed by atoms with E-state index in [1.165, 1.54) is 23.2 Å². The molecule has 8 nitrogen and oxygen atoms in total. The Bertz CT molecular complexity index is 1150. The van der Waals surface area contributed by atoms with E-state index in [2.05, 4.69) is 20.2 Å². The maximum Gasteiger partial charge on any atom is 0.252 e. The van der Waals surface area contributed by atoms with E-state index in [9.17, 15) is 23.1 Å². The first kappa shape index (κ1) is 20.5. The quantitative estimate of drug-likeness (QED) is 0.638. The van der Waals surface area contributed by atoms with Crippen molar-refractivity contribution in [2.24, 2.45) is 5.73 Å². The number of aromatic nitrogens is 4. The predicted molar refractivity (Wildman–Crippen MR) is 104 cm³/mol. The number of hydrogen-bond donors (Lipinski definition) is 2. The number of primary amides is 1. The summed E-state index contributed by atoms with van der Waals surface area (Å²) < 4.78 is 42.5. The van der Waals surface area contributed by atoms with Crippen LogP contribution in [-0.2, 0) is 5.54 Å². The summed E-state index contributed by atoms with van der Waals surface area (Å²) in [5.74, 6) is -3.05. The molecular formula is C20H17F3N6O2. The van der Waals surface area contributed by atoms with Gasteiger partial charge in [0.2, 0.25) is 5.95 Å². The van der Waals surface area contributed by atoms with E-state index in [0.717, 1.165) is 18.3 Å². The predicted octanol–water partition coefficient (Wildman–Crippen LogP) is 2.48. The number of halogens is 3. The van der Waals surface area contributed by atoms with Gasteiger partial charge in [-0.05, 0) is 24.3 Å². The third-order valence-electron chi connectivity index (χ3n) is 5.46. The topological polar surface area (TPSA) is 118 Å². The van der Waals surface area contributed by atoms with E-state index in [4.69, 9.17) is 5.73 Å². The molecule has 3 N–H and O–H groups in total. The maximum atomic E-state index is 14.4. The number of carbonyl (C=O) groups is 1. The second-order valence-electron chi connectivity index (χ2n) is 7.26. The van der Waals surface area contributed by atoms with Crippen LogP contribution in [0.15, 0.2) is 36.7 Å². The minimum Gasteiger partial charge on any atom is -0.506 e. The van der Waals surface area contributed by atoms with Crippen LogP contribution in [0.3, 0.4) is 0 Å². The first-order chi connectivity index (χ1) is 14.7. The van der Waals surface area contributed by atoms with Crippen molar-refractivity contribution in [3.8, 4) is 17.0 Å². The molecule has 11 heteroatoms. The summed E-state index contributed by atoms with van der Waals surface area (Å²) in [5, 5.41) is 18.0. The zero-order valence-electron chi connectivity index (χ0n) is 16.3. The normalized spacial score (nSPS) is 20.2. The lowest BCUT2D eigenvalue weighted by atomic mass is 9.71. The van der Waals surface area contributed by atoms with Crippen molar-refractivity contribution >= 4 is 11.9 Å². The van der Waals surface area contributed by atoms with Crippen molar-refractivity contribution < 1.29 is 23.1 Å². The number of rotatable bonds is 5. The molecule has 1 aromatic carbocycles. The van der Waals surface area contributed by atoms with E-state index in [1.807, 2.05) is 0 Å². The van der Waals surface area contributed by atoms with Crippen molar-refractivity contribution in [3.63, 3.8) is 0 Å². The van der Waals surface area contributed by atoms with E-state index in [1.54, 1.807) is 7.05 Å². The van der Waals surface area contributed by atoms with Gasteiger partial charge in [-0.3, -0.25) is 9.78 Å². The van der Waals surface area contributed by atoms with Crippen LogP contribution in [-0.4, -0.2) is 44.4 Å². The van der Waals surface area contributed by atoms with E-state index in [-0.39, 0.29) is 41.3 Å². The summed E-state index contributed by atoms with van der Waals surface area (Å²) in [5.41, 5.74) is 3.32. The number of amides is 1. The van der Waals surface area contributed by atoms with Crippen molar-refractivity contribution in [1.82, 2.24) is 20.2 Å². The molecule has 2 aromatic heterocycles. The Hall–Kier alpha value is -3.76. The van der Waals surface area contributed by atoms with Gasteiger partial charge in [-0.2, -0.15) is 0 Å². The first-order valence-electron chi connectivity index (χ1n) is 9.25. The second kappa shape index (κ2) is 7.49. The monoisotopic (exact) mass is 430 g/mol. The average Bonchev–Trinajstić information content (AvgIpc) is 2.71. The third-order valence-corrected chi connectivity index (χ3v) is 5.46. The lowest BCUT2D eigenvalue weighted by Crippen LogP contribution is -2.56. The summed E-state index contributed by atoms with van der Waals surface area (Å²) in [6.45, 7) is 0. The van der Waals surface area contributed by atoms with Gasteiger partial charge in [0.25, 0.3) is 5.91 Å². The zero-order valence-corrected chi connectivity index (χ0v) is 16.3. The smallest absolute Gasteiger partial charge is 0.252 e. The van der Waals surface area contributed by atoms with Crippen LogP contribution in [0.5, 0.6) is 5.75 Å². The molecule has 2 heterocycles. The molecule has 0 radical (unpaired) electrons. The lowest BCUT2D eigenvalue weighted by Gasteiger charge is -2.49. The Labute approximate surface area is 174 Å². The Morgan fingerprint density at radius 3 is 2.52 bits per heavy atom. The Morgan fingerprint density at radius 2 is 1.94 bits per heavy atom. The van der Waals surface area contributed by atoms with Crippen LogP contribution in [0.1, 0.15) is 28.9 Å². The molecule has 0 aliphatic heterocycles. The molecule has 0 spiro atoms. The summed E-state index contributed by atoms with van der Waals surface area (Å²) >= 11 is 0. The van der Waals surface area contributed by atoms with E-state index < -0.39 is 35.0 Å². The number of pyridine rings is 1. The maximum absolute atomic E-state index is 14.4. The fourth-order valence-electron chi connectivity index (χ4n) is 3.77. The molecule has 4 rings (SSSR count). The number of carbonyl (C=O) groups excluding carboxylic acids is 1. The van der Waals surface area contributed by atoms with Crippen LogP contribution < -0.4 is 10.6 Å². The number of aromatic hydroxyl groups is 1. The lowest BCUT2D eigenvalue weighted by molar-refractivity contribution is 0.0859. The number of alkyl halides is 1. The summed E-state index contributed by atoms with van der Waals surface area (Å²) in [7, 11) is 1.56. The van der Waals surface area contributed by atoms with Crippen LogP contribution >= 0.6 is 0 Å². The fraction of sp³-hybridized carbons (Fsp3) is 0.250. The van der Waals surface area contributed by atoms with Gasteiger partial charge in [-0.25, -0.2) is 18.2 Å². The van der Waals surface area contributed by atoms with Gasteiger partial charge < -0.3 is 15.7 Å². The van der Waals surface area contributed by atoms with Gasteiger partial charge in [0.15, 0.2) is 0 Å². The van der Waals surface area contributed by atoms with E-state index >= 15 is 0 Å². The van der Waals surface area contributed by atoms with Gasteiger partial charge in [-0.1, -0.05) is 0 Å². The van der Waals surface area contributed by atoms with E-state index in [0.29, 0.717) is 0 Å². The highest BCUT2D eigenvalue weighted by Gasteiger charge is 2.52. The van der Waals surface area contributed by atoms with Crippen LogP contribution in [0.25, 0.3) is 11.3 Å². The molecule has 160 valence electrons. The standard InChI is InChI=1S/C20H17F3N6O2/c1-29(20(7-10(21)8-20)17-13(23)3-2-6-25-17)19-26-9-14(27-28-19)15-12(22)5-4-11(16(15)30)18(24)31/h2-6,9-10,30H,7-8H2,1H3,(H2,24,31). The molecule has 31 heavy (non-hydrogen) atoms. The number of benzene rings is 1. The van der Waals surface area contributed by atoms with Crippen molar-refractivity contribution in [2.75, 3.05) is 11.9 Å². The number of hydrogen-bond acceptors (Lipinski definition) is 7. The summed E-state index contributed by atoms with van der Waals surface area (Å²) in [4.78, 5) is 21.1. The Morgan fingerprint density at radius 1 is 1.19 bits per heavy atom. The number of nitrogens with two attached hydrogens (primary N) is 1. The minimum atomic E-state index is -1.14. The van der Waals surface area contributed by atoms with Gasteiger partial charge in [0, 0.05) is 26.1 Å². The van der Waals surface area contributed by atoms with Gasteiger partial charge >= 0.3 is 0 Å². The van der Waals surface area contributed by atoms with Gasteiger partial charge in [0.1, 0.15) is 34.9 Å². The molecule has 1 aliphatic rings. The summed E-state index contributed by atoms with van der Waals surface area (Å²) in [6, 6.07) is 4.69. The first-order valence-corrected chi connectivity index (χ1v) is 9.25. The van der Waals surface area contributed by atoms with Crippen LogP contribution in [0, 0.1) is 11.6 Å². The highest BCUT2D eigenvalue weighted by atomic mass is 19.1. The molecule has 0 saturated heterocycles. The minimum absolute atomic E-state index is 0.0153. The number of nitrogens with zero attached hydrogens (tertiary/aromatic N) is 5. The molecular weight excluding hydrogens is 413 g/mol. The Balaban J connectivity index is 1.71. The zero-order chi connectivity index (χ0) is 22.3. The van der Waals surface area contributed by atoms with Crippen LogP contribution in [0.4, 0.5) is 19.1 Å². The van der Waals surface area contributed by atoms with Gasteiger partial charge in [-0.15, -0.1) is 10.2 Å². The largest absolute Gasteiger partial charge is 0.506 e. The number of anilines is 1. The molecule has 0 unspecified atom stereocenters. The van der Waals surface area contributed by atoms with Crippen molar-refractivity contribution in [2.45, 2.75) is 24.6 Å².